The first-order valence-electron chi connectivity index (χ1n) is 6.53. The fourth-order valence-corrected chi connectivity index (χ4v) is 1.78. The minimum Gasteiger partial charge on any atom is -0.490 e. The summed E-state index contributed by atoms with van der Waals surface area (Å²) >= 11 is 0. The fourth-order valence-electron chi connectivity index (χ4n) is 1.78. The smallest absolute Gasteiger partial charge is 0.164 e. The van der Waals surface area contributed by atoms with E-state index in [1.807, 2.05) is 13.0 Å². The van der Waals surface area contributed by atoms with Gasteiger partial charge in [0, 0.05) is 31.3 Å². The Morgan fingerprint density at radius 3 is 2.67 bits per heavy atom. The Morgan fingerprint density at radius 2 is 2.00 bits per heavy atom. The Labute approximate surface area is 123 Å². The molecule has 0 unspecified atom stereocenters. The third-order valence-electron chi connectivity index (χ3n) is 2.93. The summed E-state index contributed by atoms with van der Waals surface area (Å²) in [5.74, 6) is 1.14. The zero-order valence-corrected chi connectivity index (χ0v) is 12.3. The van der Waals surface area contributed by atoms with Crippen molar-refractivity contribution in [2.45, 2.75) is 13.8 Å². The second-order valence-corrected chi connectivity index (χ2v) is 4.52. The van der Waals surface area contributed by atoms with Crippen LogP contribution in [0.2, 0.25) is 0 Å². The molecular weight excluding hydrogens is 270 g/mol. The average molecular weight is 287 g/mol. The summed E-state index contributed by atoms with van der Waals surface area (Å²) < 4.78 is 10.7. The monoisotopic (exact) mass is 287 g/mol. The Kier molecular flexibility index (Phi) is 4.94. The van der Waals surface area contributed by atoms with Crippen molar-refractivity contribution >= 4 is 6.29 Å². The van der Waals surface area contributed by atoms with E-state index in [1.165, 1.54) is 6.20 Å². The van der Waals surface area contributed by atoms with Gasteiger partial charge in [0.2, 0.25) is 0 Å². The maximum Gasteiger partial charge on any atom is 0.164 e. The number of nitrogens with zero attached hydrogens (tertiary/aromatic N) is 3. The molecule has 0 saturated heterocycles. The van der Waals surface area contributed by atoms with Gasteiger partial charge in [-0.15, -0.1) is 0 Å². The topological polar surface area (TPSA) is 74.2 Å². The van der Waals surface area contributed by atoms with E-state index in [1.54, 1.807) is 20.2 Å². The molecule has 0 radical (unpaired) electrons. The van der Waals surface area contributed by atoms with Crippen LogP contribution in [0.3, 0.4) is 0 Å². The highest BCUT2D eigenvalue weighted by molar-refractivity contribution is 5.76. The largest absolute Gasteiger partial charge is 0.490 e. The fraction of sp³-hybridized carbons (Fsp3) is 0.333. The number of aromatic nitrogens is 3. The molecule has 0 aliphatic heterocycles. The van der Waals surface area contributed by atoms with Gasteiger partial charge in [-0.05, 0) is 13.8 Å². The number of pyridine rings is 1. The van der Waals surface area contributed by atoms with Gasteiger partial charge in [-0.1, -0.05) is 0 Å². The van der Waals surface area contributed by atoms with Crippen LogP contribution in [0.1, 0.15) is 21.7 Å². The first-order chi connectivity index (χ1) is 10.2. The maximum atomic E-state index is 10.8. The SMILES string of the molecule is COCCOc1cc(C)ncc1-c1ncc(C=O)c(C)n1. The molecule has 0 bridgehead atoms. The highest BCUT2D eigenvalue weighted by atomic mass is 16.5. The van der Waals surface area contributed by atoms with Gasteiger partial charge in [-0.2, -0.15) is 0 Å². The van der Waals surface area contributed by atoms with Crippen molar-refractivity contribution in [1.82, 2.24) is 15.0 Å². The van der Waals surface area contributed by atoms with Gasteiger partial charge in [0.15, 0.2) is 12.1 Å². The number of aldehydes is 1. The van der Waals surface area contributed by atoms with Crippen LogP contribution in [0, 0.1) is 13.8 Å². The number of ether oxygens (including phenoxy) is 2. The minimum atomic E-state index is 0.429. The zero-order chi connectivity index (χ0) is 15.2. The van der Waals surface area contributed by atoms with Crippen molar-refractivity contribution in [2.75, 3.05) is 20.3 Å². The Balaban J connectivity index is 2.38. The van der Waals surface area contributed by atoms with E-state index in [9.17, 15) is 4.79 Å². The molecule has 110 valence electrons. The number of carbonyl (C=O) groups is 1. The van der Waals surface area contributed by atoms with Crippen molar-refractivity contribution in [3.63, 3.8) is 0 Å². The molecular formula is C15H17N3O3. The summed E-state index contributed by atoms with van der Waals surface area (Å²) in [5, 5.41) is 0. The van der Waals surface area contributed by atoms with Gasteiger partial charge >= 0.3 is 0 Å². The van der Waals surface area contributed by atoms with Gasteiger partial charge in [0.1, 0.15) is 12.4 Å². The van der Waals surface area contributed by atoms with Crippen molar-refractivity contribution in [3.8, 4) is 17.1 Å². The molecule has 2 aromatic heterocycles. The van der Waals surface area contributed by atoms with Crippen LogP contribution >= 0.6 is 0 Å². The van der Waals surface area contributed by atoms with Crippen molar-refractivity contribution in [2.24, 2.45) is 0 Å². The van der Waals surface area contributed by atoms with Crippen LogP contribution in [-0.2, 0) is 4.74 Å². The molecule has 0 spiro atoms. The first-order valence-corrected chi connectivity index (χ1v) is 6.53. The molecule has 0 aliphatic carbocycles. The normalized spacial score (nSPS) is 10.4. The lowest BCUT2D eigenvalue weighted by Crippen LogP contribution is -2.06. The van der Waals surface area contributed by atoms with Crippen molar-refractivity contribution in [3.05, 3.63) is 35.4 Å². The van der Waals surface area contributed by atoms with E-state index in [4.69, 9.17) is 9.47 Å². The molecule has 6 heteroatoms. The molecule has 6 nitrogen and oxygen atoms in total. The van der Waals surface area contributed by atoms with E-state index >= 15 is 0 Å². The molecule has 0 saturated carbocycles. The van der Waals surface area contributed by atoms with Gasteiger partial charge < -0.3 is 9.47 Å². The molecule has 0 aromatic carbocycles. The zero-order valence-electron chi connectivity index (χ0n) is 12.3. The molecule has 0 atom stereocenters. The lowest BCUT2D eigenvalue weighted by atomic mass is 10.2. The van der Waals surface area contributed by atoms with E-state index in [-0.39, 0.29) is 0 Å². The molecule has 21 heavy (non-hydrogen) atoms. The highest BCUT2D eigenvalue weighted by Crippen LogP contribution is 2.27. The second kappa shape index (κ2) is 6.90. The maximum absolute atomic E-state index is 10.8. The standard InChI is InChI=1S/C15H17N3O3/c1-10-6-14(21-5-4-20-3)13(8-16-10)15-17-7-12(9-19)11(2)18-15/h6-9H,4-5H2,1-3H3. The van der Waals surface area contributed by atoms with Crippen LogP contribution in [0.5, 0.6) is 5.75 Å². The van der Waals surface area contributed by atoms with Crippen molar-refractivity contribution < 1.29 is 14.3 Å². The first kappa shape index (κ1) is 15.1. The second-order valence-electron chi connectivity index (χ2n) is 4.52. The van der Waals surface area contributed by atoms with Crippen LogP contribution in [0.4, 0.5) is 0 Å². The van der Waals surface area contributed by atoms with Gasteiger partial charge in [-0.25, -0.2) is 9.97 Å². The number of hydrogen-bond donors (Lipinski definition) is 0. The number of aryl methyl sites for hydroxylation is 2. The summed E-state index contributed by atoms with van der Waals surface area (Å²) in [6.07, 6.45) is 3.92. The highest BCUT2D eigenvalue weighted by Gasteiger charge is 2.12. The molecule has 2 aromatic rings. The molecule has 2 heterocycles. The molecule has 0 N–H and O–H groups in total. The summed E-state index contributed by atoms with van der Waals surface area (Å²) in [6, 6.07) is 1.83. The predicted octanol–water partition coefficient (Wildman–Crippen LogP) is 1.99. The molecule has 2 rings (SSSR count). The summed E-state index contributed by atoms with van der Waals surface area (Å²) in [5.41, 5.74) is 2.63. The van der Waals surface area contributed by atoms with Crippen LogP contribution in [0.15, 0.2) is 18.5 Å². The van der Waals surface area contributed by atoms with Crippen LogP contribution in [-0.4, -0.2) is 41.6 Å². The third kappa shape index (κ3) is 3.61. The summed E-state index contributed by atoms with van der Waals surface area (Å²) in [6.45, 7) is 4.57. The lowest BCUT2D eigenvalue weighted by molar-refractivity contribution is 0.112. The van der Waals surface area contributed by atoms with Crippen molar-refractivity contribution in [1.29, 1.82) is 0 Å². The van der Waals surface area contributed by atoms with E-state index in [0.29, 0.717) is 41.6 Å². The van der Waals surface area contributed by atoms with Gasteiger partial charge in [0.25, 0.3) is 0 Å². The lowest BCUT2D eigenvalue weighted by Gasteiger charge is -2.11. The molecule has 0 fully saturated rings. The Bertz CT molecular complexity index is 644. The van der Waals surface area contributed by atoms with Gasteiger partial charge in [-0.3, -0.25) is 9.78 Å². The minimum absolute atomic E-state index is 0.429. The number of rotatable bonds is 6. The predicted molar refractivity (Wildman–Crippen MR) is 77.5 cm³/mol. The Morgan fingerprint density at radius 1 is 1.19 bits per heavy atom. The summed E-state index contributed by atoms with van der Waals surface area (Å²) in [4.78, 5) is 23.6. The summed E-state index contributed by atoms with van der Waals surface area (Å²) in [7, 11) is 1.62. The number of methoxy groups -OCH3 is 1. The number of carbonyl (C=O) groups excluding carboxylic acids is 1. The van der Waals surface area contributed by atoms with Crippen LogP contribution in [0.25, 0.3) is 11.4 Å². The van der Waals surface area contributed by atoms with E-state index in [0.717, 1.165) is 12.0 Å². The molecule has 0 amide bonds. The van der Waals surface area contributed by atoms with Gasteiger partial charge in [0.05, 0.1) is 23.4 Å². The third-order valence-corrected chi connectivity index (χ3v) is 2.93. The van der Waals surface area contributed by atoms with E-state index in [2.05, 4.69) is 15.0 Å². The molecule has 0 aliphatic rings. The van der Waals surface area contributed by atoms with Crippen LogP contribution < -0.4 is 4.74 Å². The average Bonchev–Trinajstić information content (AvgIpc) is 2.47. The number of hydrogen-bond acceptors (Lipinski definition) is 6. The Hall–Kier alpha value is -2.34. The van der Waals surface area contributed by atoms with E-state index < -0.39 is 0 Å². The quantitative estimate of drug-likeness (QED) is 0.597.